The van der Waals surface area contributed by atoms with Gasteiger partial charge in [-0.2, -0.15) is 0 Å². The second-order valence-corrected chi connectivity index (χ2v) is 7.80. The second-order valence-electron chi connectivity index (χ2n) is 7.80. The van der Waals surface area contributed by atoms with E-state index in [1.807, 2.05) is 31.3 Å². The van der Waals surface area contributed by atoms with E-state index in [9.17, 15) is 4.79 Å². The summed E-state index contributed by atoms with van der Waals surface area (Å²) in [4.78, 5) is 14.0. The van der Waals surface area contributed by atoms with Gasteiger partial charge in [0, 0.05) is 35.7 Å². The zero-order valence-electron chi connectivity index (χ0n) is 17.5. The number of hydrogen-bond acceptors (Lipinski definition) is 4. The zero-order chi connectivity index (χ0) is 20.8. The van der Waals surface area contributed by atoms with Gasteiger partial charge in [-0.15, -0.1) is 0 Å². The molecule has 0 amide bonds. The highest BCUT2D eigenvalue weighted by Crippen LogP contribution is 2.32. The number of rotatable bonds is 8. The van der Waals surface area contributed by atoms with Gasteiger partial charge in [0.2, 0.25) is 0 Å². The minimum atomic E-state index is -0.428. The summed E-state index contributed by atoms with van der Waals surface area (Å²) in [6, 6.07) is 9.80. The molecule has 0 aromatic heterocycles. The maximum atomic E-state index is 15.4. The van der Waals surface area contributed by atoms with Gasteiger partial charge in [0.25, 0.3) is 0 Å². The third-order valence-corrected chi connectivity index (χ3v) is 5.92. The number of methoxy groups -OCH3 is 2. The van der Waals surface area contributed by atoms with E-state index < -0.39 is 5.82 Å². The largest absolute Gasteiger partial charge is 0.497 e. The molecule has 1 aliphatic rings. The normalized spacial score (nSPS) is 14.8. The molecule has 2 aromatic carbocycles. The van der Waals surface area contributed by atoms with E-state index >= 15 is 4.39 Å². The first-order valence-electron chi connectivity index (χ1n) is 10.2. The minimum Gasteiger partial charge on any atom is -0.497 e. The van der Waals surface area contributed by atoms with Crippen LogP contribution in [-0.4, -0.2) is 38.5 Å². The number of carbonyl (C=O) groups is 1. The molecule has 0 heterocycles. The van der Waals surface area contributed by atoms with Crippen LogP contribution in [0, 0.1) is 5.82 Å². The van der Waals surface area contributed by atoms with Crippen molar-refractivity contribution in [2.24, 2.45) is 0 Å². The van der Waals surface area contributed by atoms with Gasteiger partial charge >= 0.3 is 0 Å². The number of carbonyl (C=O) groups excluding carboxylic acids is 1. The average molecular weight is 400 g/mol. The van der Waals surface area contributed by atoms with Crippen molar-refractivity contribution in [3.63, 3.8) is 0 Å². The van der Waals surface area contributed by atoms with Crippen LogP contribution in [0.25, 0.3) is 0 Å². The van der Waals surface area contributed by atoms with Crippen LogP contribution >= 0.6 is 0 Å². The Hall–Kier alpha value is -2.40. The highest BCUT2D eigenvalue weighted by molar-refractivity contribution is 5.79. The first-order valence-corrected chi connectivity index (χ1v) is 10.2. The molecule has 1 saturated carbocycles. The molecule has 0 N–H and O–H groups in total. The maximum Gasteiger partial charge on any atom is 0.170 e. The lowest BCUT2D eigenvalue weighted by atomic mass is 9.93. The predicted molar refractivity (Wildman–Crippen MR) is 112 cm³/mol. The first-order chi connectivity index (χ1) is 14.1. The fourth-order valence-corrected chi connectivity index (χ4v) is 4.23. The van der Waals surface area contributed by atoms with Crippen molar-refractivity contribution in [1.82, 2.24) is 4.90 Å². The summed E-state index contributed by atoms with van der Waals surface area (Å²) >= 11 is 0. The lowest BCUT2D eigenvalue weighted by molar-refractivity contribution is 0.111. The van der Waals surface area contributed by atoms with E-state index in [4.69, 9.17) is 9.47 Å². The number of hydrogen-bond donors (Lipinski definition) is 0. The Kier molecular flexibility index (Phi) is 7.26. The quantitative estimate of drug-likeness (QED) is 0.585. The number of halogens is 1. The van der Waals surface area contributed by atoms with Crippen LogP contribution in [0.3, 0.4) is 0 Å². The van der Waals surface area contributed by atoms with Crippen molar-refractivity contribution < 1.29 is 18.7 Å². The molecule has 4 nitrogen and oxygen atoms in total. The summed E-state index contributed by atoms with van der Waals surface area (Å²) in [5, 5.41) is 0. The van der Waals surface area contributed by atoms with Crippen molar-refractivity contribution in [2.75, 3.05) is 21.3 Å². The Morgan fingerprint density at radius 2 is 1.79 bits per heavy atom. The van der Waals surface area contributed by atoms with Crippen molar-refractivity contribution in [3.8, 4) is 11.5 Å². The fraction of sp³-hybridized carbons (Fsp3) is 0.458. The van der Waals surface area contributed by atoms with Crippen LogP contribution in [0.2, 0.25) is 0 Å². The third-order valence-electron chi connectivity index (χ3n) is 5.92. The molecule has 0 radical (unpaired) electrons. The molecule has 29 heavy (non-hydrogen) atoms. The van der Waals surface area contributed by atoms with Crippen LogP contribution < -0.4 is 9.47 Å². The number of ether oxygens (including phenoxy) is 2. The van der Waals surface area contributed by atoms with Gasteiger partial charge in [0.15, 0.2) is 11.6 Å². The molecular weight excluding hydrogens is 369 g/mol. The summed E-state index contributed by atoms with van der Waals surface area (Å²) in [6.45, 7) is 0.406. The molecule has 0 bridgehead atoms. The second kappa shape index (κ2) is 9.88. The highest BCUT2D eigenvalue weighted by atomic mass is 19.1. The Labute approximate surface area is 172 Å². The topological polar surface area (TPSA) is 38.8 Å². The SMILES string of the molecule is COc1ccc(Cc2cc(C=O)c(CN(C)C3CCCCC3)c(F)c2OC)cc1. The predicted octanol–water partition coefficient (Wildman–Crippen LogP) is 5.01. The Morgan fingerprint density at radius 1 is 1.10 bits per heavy atom. The van der Waals surface area contributed by atoms with E-state index in [0.717, 1.165) is 30.4 Å². The molecule has 0 atom stereocenters. The van der Waals surface area contributed by atoms with Gasteiger partial charge in [-0.3, -0.25) is 9.69 Å². The molecule has 2 aromatic rings. The number of aldehydes is 1. The number of nitrogens with zero attached hydrogens (tertiary/aromatic N) is 1. The summed E-state index contributed by atoms with van der Waals surface area (Å²) < 4.78 is 26.0. The summed E-state index contributed by atoms with van der Waals surface area (Å²) in [7, 11) is 5.11. The molecule has 156 valence electrons. The van der Waals surface area contributed by atoms with E-state index in [1.54, 1.807) is 13.2 Å². The van der Waals surface area contributed by atoms with Crippen molar-refractivity contribution in [1.29, 1.82) is 0 Å². The van der Waals surface area contributed by atoms with Gasteiger partial charge in [-0.1, -0.05) is 31.4 Å². The highest BCUT2D eigenvalue weighted by Gasteiger charge is 2.24. The molecule has 5 heteroatoms. The van der Waals surface area contributed by atoms with Gasteiger partial charge in [0.05, 0.1) is 14.2 Å². The lowest BCUT2D eigenvalue weighted by Crippen LogP contribution is -2.33. The standard InChI is InChI=1S/C24H30FNO3/c1-26(20-7-5-4-6-8-20)15-22-19(16-27)14-18(24(29-3)23(22)25)13-17-9-11-21(28-2)12-10-17/h9-12,14,16,20H,4-8,13,15H2,1-3H3. The average Bonchev–Trinajstić information content (AvgIpc) is 2.76. The Morgan fingerprint density at radius 3 is 2.38 bits per heavy atom. The number of benzene rings is 2. The van der Waals surface area contributed by atoms with Crippen LogP contribution in [0.1, 0.15) is 59.2 Å². The molecule has 0 unspecified atom stereocenters. The van der Waals surface area contributed by atoms with Crippen molar-refractivity contribution in [2.45, 2.75) is 51.1 Å². The van der Waals surface area contributed by atoms with E-state index in [-0.39, 0.29) is 5.75 Å². The fourth-order valence-electron chi connectivity index (χ4n) is 4.23. The molecule has 0 saturated heterocycles. The maximum absolute atomic E-state index is 15.4. The van der Waals surface area contributed by atoms with Crippen LogP contribution in [0.15, 0.2) is 30.3 Å². The van der Waals surface area contributed by atoms with Crippen molar-refractivity contribution in [3.05, 3.63) is 58.4 Å². The van der Waals surface area contributed by atoms with E-state index in [1.165, 1.54) is 26.4 Å². The summed E-state index contributed by atoms with van der Waals surface area (Å²) in [5.74, 6) is 0.559. The van der Waals surface area contributed by atoms with Gasteiger partial charge in [-0.25, -0.2) is 4.39 Å². The van der Waals surface area contributed by atoms with Gasteiger partial charge < -0.3 is 9.47 Å². The van der Waals surface area contributed by atoms with Gasteiger partial charge in [0.1, 0.15) is 12.0 Å². The molecule has 0 aliphatic heterocycles. The minimum absolute atomic E-state index is 0.221. The van der Waals surface area contributed by atoms with Crippen LogP contribution in [0.4, 0.5) is 4.39 Å². The van der Waals surface area contributed by atoms with Gasteiger partial charge in [-0.05, 0) is 43.7 Å². The van der Waals surface area contributed by atoms with E-state index in [2.05, 4.69) is 4.90 Å². The molecular formula is C24H30FNO3. The Balaban J connectivity index is 1.88. The monoisotopic (exact) mass is 399 g/mol. The van der Waals surface area contributed by atoms with Crippen LogP contribution in [-0.2, 0) is 13.0 Å². The zero-order valence-corrected chi connectivity index (χ0v) is 17.5. The first kappa shape index (κ1) is 21.3. The van der Waals surface area contributed by atoms with Crippen LogP contribution in [0.5, 0.6) is 11.5 Å². The Bertz CT molecular complexity index is 829. The molecule has 1 fully saturated rings. The summed E-state index contributed by atoms with van der Waals surface area (Å²) in [5.41, 5.74) is 2.48. The smallest absolute Gasteiger partial charge is 0.170 e. The molecule has 0 spiro atoms. The molecule has 1 aliphatic carbocycles. The van der Waals surface area contributed by atoms with Crippen molar-refractivity contribution >= 4 is 6.29 Å². The summed E-state index contributed by atoms with van der Waals surface area (Å²) in [6.07, 6.45) is 7.17. The lowest BCUT2D eigenvalue weighted by Gasteiger charge is -2.31. The molecule has 3 rings (SSSR count). The third kappa shape index (κ3) is 4.96. The van der Waals surface area contributed by atoms with E-state index in [0.29, 0.717) is 35.7 Å².